The summed E-state index contributed by atoms with van der Waals surface area (Å²) in [5, 5.41) is 11.7. The molecule has 28 heavy (non-hydrogen) atoms. The van der Waals surface area contributed by atoms with E-state index in [-0.39, 0.29) is 17.5 Å². The van der Waals surface area contributed by atoms with Crippen LogP contribution in [0.2, 0.25) is 0 Å². The van der Waals surface area contributed by atoms with Crippen LogP contribution < -0.4 is 5.32 Å². The van der Waals surface area contributed by atoms with Crippen molar-refractivity contribution in [3.63, 3.8) is 0 Å². The monoisotopic (exact) mass is 375 g/mol. The van der Waals surface area contributed by atoms with E-state index >= 15 is 0 Å². The van der Waals surface area contributed by atoms with Crippen molar-refractivity contribution in [2.24, 2.45) is 0 Å². The Bertz CT molecular complexity index is 1160. The zero-order valence-electron chi connectivity index (χ0n) is 16.1. The number of carbonyl (C=O) groups is 1. The van der Waals surface area contributed by atoms with E-state index in [2.05, 4.69) is 47.7 Å². The van der Waals surface area contributed by atoms with E-state index in [9.17, 15) is 4.79 Å². The molecule has 2 aromatic heterocycles. The van der Waals surface area contributed by atoms with Crippen LogP contribution in [-0.4, -0.2) is 16.2 Å². The zero-order valence-corrected chi connectivity index (χ0v) is 16.1. The first-order chi connectivity index (χ1) is 13.6. The van der Waals surface area contributed by atoms with E-state index in [1.165, 1.54) is 5.56 Å². The largest absolute Gasteiger partial charge is 0.451 e. The molecule has 1 N–H and O–H groups in total. The lowest BCUT2D eigenvalue weighted by atomic mass is 9.98. The molecule has 2 heterocycles. The van der Waals surface area contributed by atoms with E-state index in [0.29, 0.717) is 11.3 Å². The van der Waals surface area contributed by atoms with Crippen LogP contribution >= 0.6 is 0 Å². The number of para-hydroxylation sites is 1. The molecule has 4 aromatic rings. The van der Waals surface area contributed by atoms with Gasteiger partial charge in [0.2, 0.25) is 5.82 Å². The number of furan rings is 1. The number of hydrogen-bond acceptors (Lipinski definition) is 5. The number of benzene rings is 2. The second-order valence-corrected chi connectivity index (χ2v) is 6.67. The normalized spacial score (nSPS) is 11.1. The Hall–Kier alpha value is -3.41. The van der Waals surface area contributed by atoms with Crippen molar-refractivity contribution < 1.29 is 13.8 Å². The molecular weight excluding hydrogens is 354 g/mol. The van der Waals surface area contributed by atoms with Crippen molar-refractivity contribution in [1.82, 2.24) is 10.3 Å². The molecule has 0 radical (unpaired) electrons. The van der Waals surface area contributed by atoms with Crippen molar-refractivity contribution in [3.8, 4) is 11.3 Å². The first-order valence-corrected chi connectivity index (χ1v) is 9.36. The van der Waals surface area contributed by atoms with Gasteiger partial charge in [-0.3, -0.25) is 10.1 Å². The number of aromatic nitrogens is 2. The molecule has 1 amide bonds. The Morgan fingerprint density at radius 1 is 1.07 bits per heavy atom. The van der Waals surface area contributed by atoms with Gasteiger partial charge in [0.25, 0.3) is 5.91 Å². The summed E-state index contributed by atoms with van der Waals surface area (Å²) in [4.78, 5) is 12.8. The minimum atomic E-state index is -0.379. The van der Waals surface area contributed by atoms with Crippen LogP contribution in [0.25, 0.3) is 22.2 Å². The Morgan fingerprint density at radius 3 is 2.64 bits per heavy atom. The number of amides is 1. The van der Waals surface area contributed by atoms with Gasteiger partial charge in [0.15, 0.2) is 11.5 Å². The first-order valence-electron chi connectivity index (χ1n) is 9.36. The highest BCUT2D eigenvalue weighted by Crippen LogP contribution is 2.31. The fraction of sp³-hybridized carbons (Fsp3) is 0.227. The molecule has 0 bridgehead atoms. The van der Waals surface area contributed by atoms with Gasteiger partial charge in [0.05, 0.1) is 0 Å². The lowest BCUT2D eigenvalue weighted by molar-refractivity contribution is 0.0997. The molecule has 6 nitrogen and oxygen atoms in total. The highest BCUT2D eigenvalue weighted by molar-refractivity contribution is 6.07. The fourth-order valence-corrected chi connectivity index (χ4v) is 3.37. The van der Waals surface area contributed by atoms with E-state index in [0.717, 1.165) is 34.9 Å². The lowest BCUT2D eigenvalue weighted by Gasteiger charge is -2.09. The smallest absolute Gasteiger partial charge is 0.292 e. The summed E-state index contributed by atoms with van der Waals surface area (Å²) in [5.74, 6) is 0.163. The Morgan fingerprint density at radius 2 is 1.89 bits per heavy atom. The van der Waals surface area contributed by atoms with Crippen LogP contribution in [0.4, 0.5) is 5.82 Å². The van der Waals surface area contributed by atoms with Crippen LogP contribution in [0.5, 0.6) is 0 Å². The number of fused-ring (bicyclic) bond motifs is 1. The third kappa shape index (κ3) is 3.07. The molecule has 0 spiro atoms. The van der Waals surface area contributed by atoms with Gasteiger partial charge in [-0.05, 0) is 53.3 Å². The zero-order chi connectivity index (χ0) is 19.7. The second kappa shape index (κ2) is 7.31. The van der Waals surface area contributed by atoms with Crippen LogP contribution in [0.1, 0.15) is 41.1 Å². The number of nitrogens with zero attached hydrogens (tertiary/aromatic N) is 2. The number of hydrogen-bond donors (Lipinski definition) is 1. The van der Waals surface area contributed by atoms with Crippen molar-refractivity contribution >= 4 is 22.7 Å². The van der Waals surface area contributed by atoms with E-state index in [4.69, 9.17) is 9.05 Å². The van der Waals surface area contributed by atoms with Gasteiger partial charge in [-0.15, -0.1) is 0 Å². The average molecular weight is 375 g/mol. The van der Waals surface area contributed by atoms with Gasteiger partial charge >= 0.3 is 0 Å². The molecule has 0 aliphatic carbocycles. The molecule has 0 fully saturated rings. The van der Waals surface area contributed by atoms with Crippen LogP contribution in [0.15, 0.2) is 51.5 Å². The van der Waals surface area contributed by atoms with Crippen molar-refractivity contribution in [2.45, 2.75) is 33.6 Å². The molecule has 0 saturated heterocycles. The fourth-order valence-electron chi connectivity index (χ4n) is 3.37. The van der Waals surface area contributed by atoms with E-state index in [1.807, 2.05) is 31.2 Å². The summed E-state index contributed by atoms with van der Waals surface area (Å²) in [5.41, 5.74) is 5.19. The minimum absolute atomic E-state index is 0.258. The van der Waals surface area contributed by atoms with Gasteiger partial charge in [0, 0.05) is 16.5 Å². The number of rotatable bonds is 5. The summed E-state index contributed by atoms with van der Waals surface area (Å²) in [6.45, 7) is 6.04. The van der Waals surface area contributed by atoms with Crippen LogP contribution in [0.3, 0.4) is 0 Å². The molecule has 2 aromatic carbocycles. The number of carbonyl (C=O) groups excluding carboxylic acids is 1. The molecule has 4 rings (SSSR count). The van der Waals surface area contributed by atoms with Gasteiger partial charge in [0.1, 0.15) is 5.58 Å². The van der Waals surface area contributed by atoms with Gasteiger partial charge < -0.3 is 4.42 Å². The maximum absolute atomic E-state index is 12.8. The van der Waals surface area contributed by atoms with Crippen molar-refractivity contribution in [1.29, 1.82) is 0 Å². The molecular formula is C22H21N3O3. The summed E-state index contributed by atoms with van der Waals surface area (Å²) >= 11 is 0. The Balaban J connectivity index is 1.70. The van der Waals surface area contributed by atoms with E-state index in [1.54, 1.807) is 0 Å². The quantitative estimate of drug-likeness (QED) is 0.520. The third-order valence-corrected chi connectivity index (χ3v) is 4.99. The maximum atomic E-state index is 12.8. The molecule has 6 heteroatoms. The summed E-state index contributed by atoms with van der Waals surface area (Å²) < 4.78 is 10.7. The highest BCUT2D eigenvalue weighted by atomic mass is 16.6. The van der Waals surface area contributed by atoms with Crippen LogP contribution in [-0.2, 0) is 12.8 Å². The van der Waals surface area contributed by atoms with Crippen LogP contribution in [0, 0.1) is 6.92 Å². The summed E-state index contributed by atoms with van der Waals surface area (Å²) in [7, 11) is 0. The molecule has 0 unspecified atom stereocenters. The van der Waals surface area contributed by atoms with Gasteiger partial charge in [-0.2, -0.15) is 0 Å². The highest BCUT2D eigenvalue weighted by Gasteiger charge is 2.22. The Labute approximate surface area is 162 Å². The molecule has 0 aliphatic heterocycles. The summed E-state index contributed by atoms with van der Waals surface area (Å²) in [6, 6.07) is 13.8. The SMILES string of the molecule is CCc1ccc(CC)c(-c2nonc2NC(=O)c2oc3ccccc3c2C)c1. The second-order valence-electron chi connectivity index (χ2n) is 6.67. The molecule has 142 valence electrons. The number of nitrogens with one attached hydrogen (secondary N) is 1. The standard InChI is InChI=1S/C22H21N3O3/c1-4-14-10-11-15(5-2)17(12-14)19-21(25-28-24-19)23-22(26)20-13(3)16-8-6-7-9-18(16)27-20/h6-12H,4-5H2,1-3H3,(H,23,25,26). The number of aryl methyl sites for hydroxylation is 3. The minimum Gasteiger partial charge on any atom is -0.451 e. The van der Waals surface area contributed by atoms with Gasteiger partial charge in [-0.1, -0.05) is 44.2 Å². The van der Waals surface area contributed by atoms with E-state index < -0.39 is 0 Å². The first kappa shape index (κ1) is 18.0. The lowest BCUT2D eigenvalue weighted by Crippen LogP contribution is -2.13. The van der Waals surface area contributed by atoms with Crippen molar-refractivity contribution in [3.05, 3.63) is 64.9 Å². The predicted molar refractivity (Wildman–Crippen MR) is 107 cm³/mol. The average Bonchev–Trinajstić information content (AvgIpc) is 3.32. The summed E-state index contributed by atoms with van der Waals surface area (Å²) in [6.07, 6.45) is 1.74. The topological polar surface area (TPSA) is 81.2 Å². The third-order valence-electron chi connectivity index (χ3n) is 4.99. The Kier molecular flexibility index (Phi) is 4.69. The number of anilines is 1. The molecule has 0 saturated carbocycles. The predicted octanol–water partition coefficient (Wildman–Crippen LogP) is 5.17. The maximum Gasteiger partial charge on any atom is 0.292 e. The molecule has 0 aliphatic rings. The van der Waals surface area contributed by atoms with Crippen molar-refractivity contribution in [2.75, 3.05) is 5.32 Å². The van der Waals surface area contributed by atoms with Gasteiger partial charge in [-0.25, -0.2) is 4.63 Å². The molecule has 0 atom stereocenters.